The van der Waals surface area contributed by atoms with E-state index in [9.17, 15) is 5.11 Å². The molecule has 1 saturated carbocycles. The zero-order valence-corrected chi connectivity index (χ0v) is 12.3. The van der Waals surface area contributed by atoms with E-state index in [1.165, 1.54) is 25.7 Å². The van der Waals surface area contributed by atoms with Crippen molar-refractivity contribution in [3.8, 4) is 0 Å². The summed E-state index contributed by atoms with van der Waals surface area (Å²) < 4.78 is 0. The van der Waals surface area contributed by atoms with Gasteiger partial charge in [0.1, 0.15) is 5.72 Å². The largest absolute Gasteiger partial charge is 0.375 e. The number of hydrogen-bond donors (Lipinski definition) is 2. The summed E-state index contributed by atoms with van der Waals surface area (Å²) in [5, 5.41) is 14.6. The monoisotopic (exact) mass is 251 g/mol. The molecule has 0 amide bonds. The van der Waals surface area contributed by atoms with Crippen LogP contribution in [0.15, 0.2) is 11.1 Å². The van der Waals surface area contributed by atoms with Gasteiger partial charge in [-0.2, -0.15) is 0 Å². The summed E-state index contributed by atoms with van der Waals surface area (Å²) in [7, 11) is 0. The Kier molecular flexibility index (Phi) is 4.18. The molecule has 0 aromatic rings. The molecule has 2 aliphatic carbocycles. The minimum atomic E-state index is -0.669. The molecule has 0 radical (unpaired) electrons. The number of unbranched alkanes of at least 4 members (excludes halogenated alkanes) is 1. The molecule has 0 heterocycles. The Morgan fingerprint density at radius 1 is 1.22 bits per heavy atom. The van der Waals surface area contributed by atoms with Gasteiger partial charge >= 0.3 is 0 Å². The highest BCUT2D eigenvalue weighted by Crippen LogP contribution is 2.53. The molecule has 104 valence electrons. The highest BCUT2D eigenvalue weighted by Gasteiger charge is 2.51. The van der Waals surface area contributed by atoms with Crippen LogP contribution in [0.3, 0.4) is 0 Å². The molecule has 2 unspecified atom stereocenters. The lowest BCUT2D eigenvalue weighted by Crippen LogP contribution is -2.60. The van der Waals surface area contributed by atoms with Gasteiger partial charge in [-0.1, -0.05) is 31.4 Å². The molecule has 0 aromatic carbocycles. The number of fused-ring (bicyclic) bond motifs is 1. The number of rotatable bonds is 4. The molecule has 2 nitrogen and oxygen atoms in total. The molecular weight excluding hydrogens is 222 g/mol. The van der Waals surface area contributed by atoms with Gasteiger partial charge < -0.3 is 5.11 Å². The maximum Gasteiger partial charge on any atom is 0.125 e. The molecule has 2 heteroatoms. The predicted molar refractivity (Wildman–Crippen MR) is 76.4 cm³/mol. The Hall–Kier alpha value is -0.340. The van der Waals surface area contributed by atoms with E-state index in [0.717, 1.165) is 32.2 Å². The highest BCUT2D eigenvalue weighted by molar-refractivity contribution is 5.29. The Balaban J connectivity index is 2.22. The minimum Gasteiger partial charge on any atom is -0.375 e. The molecule has 0 bridgehead atoms. The van der Waals surface area contributed by atoms with Crippen LogP contribution in [0.5, 0.6) is 0 Å². The summed E-state index contributed by atoms with van der Waals surface area (Å²) in [5.41, 5.74) is 2.39. The van der Waals surface area contributed by atoms with Crippen molar-refractivity contribution in [2.75, 3.05) is 6.54 Å². The molecule has 2 aliphatic rings. The standard InChI is InChI=1S/C16H29NO/c1-4-5-12-17-16(18)11-7-9-14-13(2)8-6-10-15(14,16)3/h17-18H,4-12H2,1-3H3. The van der Waals surface area contributed by atoms with Crippen LogP contribution in [0.25, 0.3) is 0 Å². The second kappa shape index (κ2) is 5.34. The van der Waals surface area contributed by atoms with Crippen molar-refractivity contribution < 1.29 is 5.11 Å². The minimum absolute atomic E-state index is 0.0265. The van der Waals surface area contributed by atoms with Gasteiger partial charge in [0, 0.05) is 5.41 Å². The maximum absolute atomic E-state index is 11.1. The smallest absolute Gasteiger partial charge is 0.125 e. The first-order chi connectivity index (χ1) is 8.53. The van der Waals surface area contributed by atoms with E-state index in [-0.39, 0.29) is 5.41 Å². The Bertz CT molecular complexity index is 336. The molecule has 0 saturated heterocycles. The second-order valence-electron chi connectivity index (χ2n) is 6.44. The van der Waals surface area contributed by atoms with Gasteiger partial charge in [0.05, 0.1) is 0 Å². The first kappa shape index (κ1) is 14.1. The van der Waals surface area contributed by atoms with Crippen molar-refractivity contribution in [1.29, 1.82) is 0 Å². The van der Waals surface area contributed by atoms with E-state index in [4.69, 9.17) is 0 Å². The zero-order valence-electron chi connectivity index (χ0n) is 12.3. The van der Waals surface area contributed by atoms with Crippen LogP contribution in [0.1, 0.15) is 72.1 Å². The van der Waals surface area contributed by atoms with Crippen LogP contribution in [0, 0.1) is 5.41 Å². The van der Waals surface area contributed by atoms with Crippen molar-refractivity contribution in [3.63, 3.8) is 0 Å². The second-order valence-corrected chi connectivity index (χ2v) is 6.44. The van der Waals surface area contributed by atoms with Gasteiger partial charge in [0.15, 0.2) is 0 Å². The van der Waals surface area contributed by atoms with Crippen LogP contribution < -0.4 is 5.32 Å². The van der Waals surface area contributed by atoms with Crippen molar-refractivity contribution in [1.82, 2.24) is 5.32 Å². The molecule has 0 aromatic heterocycles. The summed E-state index contributed by atoms with van der Waals surface area (Å²) in [6, 6.07) is 0. The fourth-order valence-electron chi connectivity index (χ4n) is 3.98. The van der Waals surface area contributed by atoms with E-state index >= 15 is 0 Å². The van der Waals surface area contributed by atoms with Crippen molar-refractivity contribution in [3.05, 3.63) is 11.1 Å². The first-order valence-electron chi connectivity index (χ1n) is 7.70. The van der Waals surface area contributed by atoms with Gasteiger partial charge in [-0.25, -0.2) is 0 Å². The molecule has 18 heavy (non-hydrogen) atoms. The summed E-state index contributed by atoms with van der Waals surface area (Å²) >= 11 is 0. The summed E-state index contributed by atoms with van der Waals surface area (Å²) in [6.45, 7) is 7.69. The van der Waals surface area contributed by atoms with Crippen LogP contribution in [-0.2, 0) is 0 Å². The average Bonchev–Trinajstić information content (AvgIpc) is 2.32. The number of aliphatic hydroxyl groups is 1. The van der Waals surface area contributed by atoms with Gasteiger partial charge in [-0.3, -0.25) is 5.32 Å². The topological polar surface area (TPSA) is 32.3 Å². The molecule has 2 atom stereocenters. The molecule has 2 rings (SSSR count). The zero-order chi connectivity index (χ0) is 13.2. The number of hydrogen-bond acceptors (Lipinski definition) is 2. The maximum atomic E-state index is 11.1. The third-order valence-corrected chi connectivity index (χ3v) is 5.24. The third-order valence-electron chi connectivity index (χ3n) is 5.24. The van der Waals surface area contributed by atoms with Crippen LogP contribution in [-0.4, -0.2) is 17.4 Å². The van der Waals surface area contributed by atoms with E-state index < -0.39 is 5.72 Å². The Labute approximate surface area is 112 Å². The van der Waals surface area contributed by atoms with E-state index in [1.54, 1.807) is 11.1 Å². The molecule has 2 N–H and O–H groups in total. The van der Waals surface area contributed by atoms with Crippen molar-refractivity contribution in [2.24, 2.45) is 5.41 Å². The predicted octanol–water partition coefficient (Wildman–Crippen LogP) is 3.76. The molecule has 0 aliphatic heterocycles. The fourth-order valence-corrected chi connectivity index (χ4v) is 3.98. The third kappa shape index (κ3) is 2.25. The Morgan fingerprint density at radius 3 is 2.67 bits per heavy atom. The summed E-state index contributed by atoms with van der Waals surface area (Å²) in [6.07, 6.45) is 9.15. The normalized spacial score (nSPS) is 36.7. The van der Waals surface area contributed by atoms with Gasteiger partial charge in [0.2, 0.25) is 0 Å². The SMILES string of the molecule is CCCCNC1(O)CCCC2=C(C)CCCC21C. The lowest BCUT2D eigenvalue weighted by atomic mass is 9.59. The summed E-state index contributed by atoms with van der Waals surface area (Å²) in [5.74, 6) is 0. The van der Waals surface area contributed by atoms with Crippen LogP contribution in [0.2, 0.25) is 0 Å². The quantitative estimate of drug-likeness (QED) is 0.453. The van der Waals surface area contributed by atoms with Gasteiger partial charge in [0.25, 0.3) is 0 Å². The lowest BCUT2D eigenvalue weighted by Gasteiger charge is -2.53. The highest BCUT2D eigenvalue weighted by atomic mass is 16.3. The number of allylic oxidation sites excluding steroid dienone is 1. The fraction of sp³-hybridized carbons (Fsp3) is 0.875. The van der Waals surface area contributed by atoms with E-state index in [2.05, 4.69) is 26.1 Å². The first-order valence-corrected chi connectivity index (χ1v) is 7.70. The van der Waals surface area contributed by atoms with Crippen LogP contribution >= 0.6 is 0 Å². The van der Waals surface area contributed by atoms with E-state index in [0.29, 0.717) is 0 Å². The van der Waals surface area contributed by atoms with Crippen LogP contribution in [0.4, 0.5) is 0 Å². The summed E-state index contributed by atoms with van der Waals surface area (Å²) in [4.78, 5) is 0. The van der Waals surface area contributed by atoms with E-state index in [1.807, 2.05) is 0 Å². The lowest BCUT2D eigenvalue weighted by molar-refractivity contribution is -0.112. The van der Waals surface area contributed by atoms with Crippen molar-refractivity contribution in [2.45, 2.75) is 77.9 Å². The van der Waals surface area contributed by atoms with Gasteiger partial charge in [-0.15, -0.1) is 0 Å². The Morgan fingerprint density at radius 2 is 1.94 bits per heavy atom. The number of nitrogens with one attached hydrogen (secondary N) is 1. The van der Waals surface area contributed by atoms with Crippen molar-refractivity contribution >= 4 is 0 Å². The molecule has 0 spiro atoms. The average molecular weight is 251 g/mol. The molecular formula is C16H29NO. The molecule has 1 fully saturated rings. The van der Waals surface area contributed by atoms with Gasteiger partial charge in [-0.05, 0) is 58.4 Å².